The predicted octanol–water partition coefficient (Wildman–Crippen LogP) is 4.28. The van der Waals surface area contributed by atoms with Crippen molar-refractivity contribution in [2.24, 2.45) is 4.99 Å². The second-order valence-electron chi connectivity index (χ2n) is 6.36. The Hall–Kier alpha value is -1.88. The largest absolute Gasteiger partial charge is 0.459 e. The van der Waals surface area contributed by atoms with Crippen molar-refractivity contribution in [1.29, 1.82) is 0 Å². The summed E-state index contributed by atoms with van der Waals surface area (Å²) in [5.41, 5.74) is 2.55. The molecule has 152 valence electrons. The summed E-state index contributed by atoms with van der Waals surface area (Å²) in [5, 5.41) is 10.3. The van der Waals surface area contributed by atoms with Gasteiger partial charge in [0.25, 0.3) is 0 Å². The SMILES string of the molecule is CCNC(=NCc1csc(N(C)C)n1)NCc1oc2ccc(F)cc2c1C.I. The fraction of sp³-hybridized carbons (Fsp3) is 0.368. The van der Waals surface area contributed by atoms with Crippen LogP contribution in [-0.2, 0) is 13.1 Å². The standard InChI is InChI=1S/C19H24FN5OS.HI/c1-5-21-18(22-9-14-11-27-19(24-14)25(3)4)23-10-17-12(2)15-8-13(20)6-7-16(15)26-17;/h6-8,11H,5,9-10H2,1-4H3,(H2,21,22,23);1H. The summed E-state index contributed by atoms with van der Waals surface area (Å²) in [5.74, 6) is 1.19. The number of nitrogens with zero attached hydrogens (tertiary/aromatic N) is 3. The summed E-state index contributed by atoms with van der Waals surface area (Å²) >= 11 is 1.60. The van der Waals surface area contributed by atoms with Crippen LogP contribution in [0.1, 0.15) is 23.9 Å². The molecular weight excluding hydrogens is 492 g/mol. The van der Waals surface area contributed by atoms with E-state index in [1.807, 2.05) is 38.2 Å². The quantitative estimate of drug-likeness (QED) is 0.291. The first kappa shape index (κ1) is 22.4. The van der Waals surface area contributed by atoms with E-state index in [1.54, 1.807) is 17.4 Å². The maximum atomic E-state index is 13.5. The number of hydrogen-bond donors (Lipinski definition) is 2. The molecule has 0 bridgehead atoms. The van der Waals surface area contributed by atoms with Gasteiger partial charge in [0.1, 0.15) is 17.2 Å². The molecule has 0 unspecified atom stereocenters. The van der Waals surface area contributed by atoms with E-state index in [1.165, 1.54) is 12.1 Å². The van der Waals surface area contributed by atoms with E-state index in [2.05, 4.69) is 20.6 Å². The maximum absolute atomic E-state index is 13.5. The average Bonchev–Trinajstić information content (AvgIpc) is 3.23. The number of halogens is 2. The van der Waals surface area contributed by atoms with E-state index >= 15 is 0 Å². The molecule has 1 aromatic carbocycles. The van der Waals surface area contributed by atoms with E-state index in [0.717, 1.165) is 34.1 Å². The second-order valence-corrected chi connectivity index (χ2v) is 7.19. The van der Waals surface area contributed by atoms with Crippen LogP contribution >= 0.6 is 35.3 Å². The number of aliphatic imine (C=N–C) groups is 1. The molecule has 2 aromatic heterocycles. The van der Waals surface area contributed by atoms with Crippen LogP contribution in [0.15, 0.2) is 33.0 Å². The molecule has 9 heteroatoms. The fourth-order valence-corrected chi connectivity index (χ4v) is 3.40. The van der Waals surface area contributed by atoms with Gasteiger partial charge in [-0.1, -0.05) is 0 Å². The number of aromatic nitrogens is 1. The smallest absolute Gasteiger partial charge is 0.192 e. The third kappa shape index (κ3) is 5.34. The lowest BCUT2D eigenvalue weighted by Crippen LogP contribution is -2.36. The second kappa shape index (κ2) is 10.1. The third-order valence-corrected chi connectivity index (χ3v) is 5.14. The summed E-state index contributed by atoms with van der Waals surface area (Å²) < 4.78 is 19.3. The van der Waals surface area contributed by atoms with Crippen molar-refractivity contribution in [2.45, 2.75) is 26.9 Å². The lowest BCUT2D eigenvalue weighted by atomic mass is 10.1. The van der Waals surface area contributed by atoms with E-state index in [-0.39, 0.29) is 29.8 Å². The molecule has 0 saturated heterocycles. The minimum atomic E-state index is -0.263. The average molecular weight is 517 g/mol. The van der Waals surface area contributed by atoms with Crippen molar-refractivity contribution in [3.05, 3.63) is 46.4 Å². The molecule has 0 spiro atoms. The number of nitrogens with one attached hydrogen (secondary N) is 2. The molecule has 28 heavy (non-hydrogen) atoms. The lowest BCUT2D eigenvalue weighted by Gasteiger charge is -2.10. The predicted molar refractivity (Wildman–Crippen MR) is 124 cm³/mol. The molecule has 0 saturated carbocycles. The normalized spacial score (nSPS) is 11.4. The van der Waals surface area contributed by atoms with Crippen LogP contribution in [0.2, 0.25) is 0 Å². The zero-order chi connectivity index (χ0) is 19.4. The van der Waals surface area contributed by atoms with E-state index in [9.17, 15) is 4.39 Å². The van der Waals surface area contributed by atoms with Gasteiger partial charge in [-0.3, -0.25) is 0 Å². The Labute approximate surface area is 185 Å². The first-order valence-electron chi connectivity index (χ1n) is 8.79. The fourth-order valence-electron chi connectivity index (χ4n) is 2.65. The van der Waals surface area contributed by atoms with Crippen LogP contribution in [-0.4, -0.2) is 31.6 Å². The summed E-state index contributed by atoms with van der Waals surface area (Å²) in [4.78, 5) is 11.1. The summed E-state index contributed by atoms with van der Waals surface area (Å²) in [6.07, 6.45) is 0. The van der Waals surface area contributed by atoms with Gasteiger partial charge >= 0.3 is 0 Å². The Morgan fingerprint density at radius 3 is 2.79 bits per heavy atom. The van der Waals surface area contributed by atoms with Gasteiger partial charge in [0.2, 0.25) is 0 Å². The molecule has 0 aliphatic rings. The summed E-state index contributed by atoms with van der Waals surface area (Å²) in [7, 11) is 3.94. The van der Waals surface area contributed by atoms with E-state index in [0.29, 0.717) is 24.6 Å². The van der Waals surface area contributed by atoms with E-state index in [4.69, 9.17) is 4.42 Å². The van der Waals surface area contributed by atoms with Gasteiger partial charge in [0.15, 0.2) is 11.1 Å². The van der Waals surface area contributed by atoms with Gasteiger partial charge in [-0.05, 0) is 32.0 Å². The Balaban J connectivity index is 0.00000280. The van der Waals surface area contributed by atoms with Crippen molar-refractivity contribution >= 4 is 57.4 Å². The van der Waals surface area contributed by atoms with Gasteiger partial charge in [0.05, 0.1) is 18.8 Å². The van der Waals surface area contributed by atoms with Gasteiger partial charge in [0, 0.05) is 37.0 Å². The van der Waals surface area contributed by atoms with Crippen LogP contribution in [0, 0.1) is 12.7 Å². The molecule has 0 radical (unpaired) electrons. The van der Waals surface area contributed by atoms with Crippen LogP contribution in [0.5, 0.6) is 0 Å². The molecule has 3 rings (SSSR count). The number of fused-ring (bicyclic) bond motifs is 1. The molecule has 2 N–H and O–H groups in total. The highest BCUT2D eigenvalue weighted by atomic mass is 127. The number of anilines is 1. The Kier molecular flexibility index (Phi) is 8.05. The zero-order valence-corrected chi connectivity index (χ0v) is 19.5. The zero-order valence-electron chi connectivity index (χ0n) is 16.4. The topological polar surface area (TPSA) is 65.7 Å². The molecule has 2 heterocycles. The van der Waals surface area contributed by atoms with Crippen LogP contribution in [0.4, 0.5) is 9.52 Å². The lowest BCUT2D eigenvalue weighted by molar-refractivity contribution is 0.534. The van der Waals surface area contributed by atoms with Crippen LogP contribution < -0.4 is 15.5 Å². The van der Waals surface area contributed by atoms with Crippen molar-refractivity contribution in [2.75, 3.05) is 25.5 Å². The minimum Gasteiger partial charge on any atom is -0.459 e. The molecule has 3 aromatic rings. The molecule has 0 atom stereocenters. The van der Waals surface area contributed by atoms with Crippen molar-refractivity contribution < 1.29 is 8.81 Å². The number of hydrogen-bond acceptors (Lipinski definition) is 5. The summed E-state index contributed by atoms with van der Waals surface area (Å²) in [6.45, 7) is 5.65. The molecule has 0 amide bonds. The van der Waals surface area contributed by atoms with Gasteiger partial charge < -0.3 is 20.0 Å². The highest BCUT2D eigenvalue weighted by molar-refractivity contribution is 14.0. The first-order valence-corrected chi connectivity index (χ1v) is 9.67. The molecule has 0 aliphatic heterocycles. The number of furan rings is 1. The van der Waals surface area contributed by atoms with Crippen LogP contribution in [0.3, 0.4) is 0 Å². The first-order chi connectivity index (χ1) is 13.0. The monoisotopic (exact) mass is 517 g/mol. The molecule has 0 aliphatic carbocycles. The number of thiazole rings is 1. The van der Waals surface area contributed by atoms with Crippen molar-refractivity contribution in [1.82, 2.24) is 15.6 Å². The van der Waals surface area contributed by atoms with Crippen molar-refractivity contribution in [3.8, 4) is 0 Å². The number of guanidine groups is 1. The highest BCUT2D eigenvalue weighted by Gasteiger charge is 2.12. The number of benzene rings is 1. The third-order valence-electron chi connectivity index (χ3n) is 4.08. The Morgan fingerprint density at radius 1 is 1.32 bits per heavy atom. The maximum Gasteiger partial charge on any atom is 0.192 e. The van der Waals surface area contributed by atoms with E-state index < -0.39 is 0 Å². The number of aryl methyl sites for hydroxylation is 1. The van der Waals surface area contributed by atoms with Gasteiger partial charge in [-0.15, -0.1) is 35.3 Å². The molecular formula is C19H25FIN5OS. The minimum absolute atomic E-state index is 0. The highest BCUT2D eigenvalue weighted by Crippen LogP contribution is 2.25. The summed E-state index contributed by atoms with van der Waals surface area (Å²) in [6, 6.07) is 4.57. The molecule has 6 nitrogen and oxygen atoms in total. The van der Waals surface area contributed by atoms with Crippen LogP contribution in [0.25, 0.3) is 11.0 Å². The number of rotatable bonds is 6. The van der Waals surface area contributed by atoms with Gasteiger partial charge in [-0.25, -0.2) is 14.4 Å². The molecule has 0 fully saturated rings. The Bertz CT molecular complexity index is 953. The Morgan fingerprint density at radius 2 is 2.11 bits per heavy atom. The van der Waals surface area contributed by atoms with Gasteiger partial charge in [-0.2, -0.15) is 0 Å². The van der Waals surface area contributed by atoms with Crippen molar-refractivity contribution in [3.63, 3.8) is 0 Å².